The SMILES string of the molecule is c1ccc(N(c2ccc3c(ccc4ccccc43)c2)c2ccc3c(c2)oc2c4ccc(N(c5ccccc5)c5ccc6c(ccc7ccccc76)c5)cc4c4ccccc4c32)cc1. The average molecular weight is 803 g/mol. The Labute approximate surface area is 363 Å². The van der Waals surface area contributed by atoms with Crippen molar-refractivity contribution in [3.63, 3.8) is 0 Å². The lowest BCUT2D eigenvalue weighted by molar-refractivity contribution is 0.673. The number of nitrogens with zero attached hydrogens (tertiary/aromatic N) is 2. The molecular formula is C60H38N2O. The molecule has 0 bridgehead atoms. The van der Waals surface area contributed by atoms with Crippen molar-refractivity contribution in [3.8, 4) is 0 Å². The molecule has 0 fully saturated rings. The van der Waals surface area contributed by atoms with Gasteiger partial charge >= 0.3 is 0 Å². The van der Waals surface area contributed by atoms with E-state index in [1.165, 1.54) is 53.9 Å². The molecule has 3 heteroatoms. The van der Waals surface area contributed by atoms with E-state index < -0.39 is 0 Å². The summed E-state index contributed by atoms with van der Waals surface area (Å²) in [5.74, 6) is 0. The number of furan rings is 1. The van der Waals surface area contributed by atoms with Crippen molar-refractivity contribution < 1.29 is 4.42 Å². The highest BCUT2D eigenvalue weighted by atomic mass is 16.3. The van der Waals surface area contributed by atoms with Crippen LogP contribution in [0, 0.1) is 0 Å². The van der Waals surface area contributed by atoms with Gasteiger partial charge in [-0.15, -0.1) is 0 Å². The molecule has 0 N–H and O–H groups in total. The number of rotatable bonds is 6. The van der Waals surface area contributed by atoms with Crippen LogP contribution in [0.5, 0.6) is 0 Å². The first-order valence-electron chi connectivity index (χ1n) is 21.6. The molecule has 0 atom stereocenters. The van der Waals surface area contributed by atoms with Gasteiger partial charge in [-0.3, -0.25) is 0 Å². The molecule has 63 heavy (non-hydrogen) atoms. The van der Waals surface area contributed by atoms with Gasteiger partial charge in [0.05, 0.1) is 0 Å². The maximum absolute atomic E-state index is 7.07. The number of para-hydroxylation sites is 2. The first kappa shape index (κ1) is 35.4. The van der Waals surface area contributed by atoms with Gasteiger partial charge in [-0.2, -0.15) is 0 Å². The molecule has 0 aliphatic carbocycles. The summed E-state index contributed by atoms with van der Waals surface area (Å²) in [4.78, 5) is 4.70. The quantitative estimate of drug-likeness (QED) is 0.156. The van der Waals surface area contributed by atoms with Crippen LogP contribution >= 0.6 is 0 Å². The minimum Gasteiger partial charge on any atom is -0.455 e. The van der Waals surface area contributed by atoms with Gasteiger partial charge in [0.2, 0.25) is 0 Å². The minimum absolute atomic E-state index is 0.853. The second kappa shape index (κ2) is 14.1. The summed E-state index contributed by atoms with van der Waals surface area (Å²) in [5.41, 5.74) is 8.24. The van der Waals surface area contributed by atoms with E-state index in [0.717, 1.165) is 66.8 Å². The first-order valence-corrected chi connectivity index (χ1v) is 21.6. The predicted molar refractivity (Wildman–Crippen MR) is 268 cm³/mol. The van der Waals surface area contributed by atoms with Crippen molar-refractivity contribution >= 4 is 121 Å². The van der Waals surface area contributed by atoms with Crippen molar-refractivity contribution in [1.29, 1.82) is 0 Å². The highest BCUT2D eigenvalue weighted by Gasteiger charge is 2.21. The second-order valence-electron chi connectivity index (χ2n) is 16.5. The first-order chi connectivity index (χ1) is 31.2. The molecule has 13 rings (SSSR count). The summed E-state index contributed by atoms with van der Waals surface area (Å²) in [6.07, 6.45) is 0. The molecular weight excluding hydrogens is 765 g/mol. The Bertz CT molecular complexity index is 3930. The van der Waals surface area contributed by atoms with Crippen LogP contribution in [0.3, 0.4) is 0 Å². The van der Waals surface area contributed by atoms with E-state index in [0.29, 0.717) is 0 Å². The van der Waals surface area contributed by atoms with Crippen LogP contribution in [0.25, 0.3) is 86.6 Å². The van der Waals surface area contributed by atoms with Crippen LogP contribution in [0.4, 0.5) is 34.1 Å². The highest BCUT2D eigenvalue weighted by Crippen LogP contribution is 2.46. The van der Waals surface area contributed by atoms with Gasteiger partial charge in [0, 0.05) is 56.3 Å². The van der Waals surface area contributed by atoms with Gasteiger partial charge in [-0.1, -0.05) is 146 Å². The van der Waals surface area contributed by atoms with Gasteiger partial charge in [0.25, 0.3) is 0 Å². The number of anilines is 6. The lowest BCUT2D eigenvalue weighted by Gasteiger charge is -2.26. The van der Waals surface area contributed by atoms with Crippen LogP contribution in [0.1, 0.15) is 0 Å². The van der Waals surface area contributed by atoms with Gasteiger partial charge in [-0.05, 0) is 138 Å². The van der Waals surface area contributed by atoms with Gasteiger partial charge in [-0.25, -0.2) is 0 Å². The van der Waals surface area contributed by atoms with Gasteiger partial charge in [0.15, 0.2) is 0 Å². The standard InChI is InChI=1S/C60H38N2O/c1-3-15-43(16-4-1)61(45-27-31-51-41(35-45)25-23-39-13-7-9-19-49(39)51)47-29-33-55-57(37-47)53-21-11-12-22-54(53)59-56-34-30-48(38-58(56)63-60(55)59)62(44-17-5-2-6-18-44)46-28-32-52-42(36-46)26-24-40-14-8-10-20-50(40)52/h1-38H. The fraction of sp³-hybridized carbons (Fsp3) is 0. The highest BCUT2D eigenvalue weighted by molar-refractivity contribution is 6.30. The molecule has 0 aliphatic heterocycles. The Balaban J connectivity index is 0.982. The third-order valence-corrected chi connectivity index (χ3v) is 12.9. The zero-order chi connectivity index (χ0) is 41.4. The third-order valence-electron chi connectivity index (χ3n) is 12.9. The molecule has 0 saturated carbocycles. The van der Waals surface area contributed by atoms with E-state index in [1.807, 2.05) is 0 Å². The van der Waals surface area contributed by atoms with E-state index in [2.05, 4.69) is 240 Å². The van der Waals surface area contributed by atoms with Crippen LogP contribution < -0.4 is 9.80 Å². The largest absolute Gasteiger partial charge is 0.455 e. The number of fused-ring (bicyclic) bond motifs is 14. The summed E-state index contributed by atoms with van der Waals surface area (Å²) in [5, 5.41) is 16.8. The summed E-state index contributed by atoms with van der Waals surface area (Å²) < 4.78 is 7.07. The molecule has 1 heterocycles. The molecule has 294 valence electrons. The summed E-state index contributed by atoms with van der Waals surface area (Å²) in [7, 11) is 0. The van der Waals surface area contributed by atoms with Crippen LogP contribution in [-0.2, 0) is 0 Å². The second-order valence-corrected chi connectivity index (χ2v) is 16.5. The lowest BCUT2D eigenvalue weighted by atomic mass is 9.96. The normalized spacial score (nSPS) is 11.8. The fourth-order valence-electron chi connectivity index (χ4n) is 10.0. The van der Waals surface area contributed by atoms with E-state index in [9.17, 15) is 0 Å². The smallest absolute Gasteiger partial charge is 0.143 e. The Morgan fingerprint density at radius 2 is 0.651 bits per heavy atom. The number of hydrogen-bond acceptors (Lipinski definition) is 3. The fourth-order valence-corrected chi connectivity index (χ4v) is 10.0. The van der Waals surface area contributed by atoms with Crippen molar-refractivity contribution in [2.45, 2.75) is 0 Å². The molecule has 1 aromatic heterocycles. The number of hydrogen-bond donors (Lipinski definition) is 0. The third kappa shape index (κ3) is 5.67. The summed E-state index contributed by atoms with van der Waals surface area (Å²) >= 11 is 0. The minimum atomic E-state index is 0.853. The molecule has 3 nitrogen and oxygen atoms in total. The Morgan fingerprint density at radius 1 is 0.238 bits per heavy atom. The maximum Gasteiger partial charge on any atom is 0.143 e. The molecule has 13 aromatic rings. The lowest BCUT2D eigenvalue weighted by Crippen LogP contribution is -2.09. The average Bonchev–Trinajstić information content (AvgIpc) is 3.74. The Hall–Kier alpha value is -8.40. The molecule has 0 saturated heterocycles. The van der Waals surface area contributed by atoms with Crippen LogP contribution in [0.15, 0.2) is 235 Å². The molecule has 0 aliphatic rings. The van der Waals surface area contributed by atoms with Crippen molar-refractivity contribution in [2.75, 3.05) is 9.80 Å². The molecule has 0 unspecified atom stereocenters. The van der Waals surface area contributed by atoms with E-state index in [1.54, 1.807) is 0 Å². The monoisotopic (exact) mass is 802 g/mol. The Morgan fingerprint density at radius 3 is 1.22 bits per heavy atom. The molecule has 0 amide bonds. The van der Waals surface area contributed by atoms with Crippen molar-refractivity contribution in [2.24, 2.45) is 0 Å². The maximum atomic E-state index is 7.07. The Kier molecular flexibility index (Phi) is 7.91. The van der Waals surface area contributed by atoms with Gasteiger partial charge in [0.1, 0.15) is 11.2 Å². The summed E-state index contributed by atoms with van der Waals surface area (Å²) in [6, 6.07) is 83.4. The van der Waals surface area contributed by atoms with E-state index in [-0.39, 0.29) is 0 Å². The molecule has 0 spiro atoms. The summed E-state index contributed by atoms with van der Waals surface area (Å²) in [6.45, 7) is 0. The molecule has 12 aromatic carbocycles. The van der Waals surface area contributed by atoms with Crippen LogP contribution in [0.2, 0.25) is 0 Å². The number of benzene rings is 12. The zero-order valence-corrected chi connectivity index (χ0v) is 34.2. The van der Waals surface area contributed by atoms with E-state index >= 15 is 0 Å². The predicted octanol–water partition coefficient (Wildman–Crippen LogP) is 17.4. The zero-order valence-electron chi connectivity index (χ0n) is 34.2. The van der Waals surface area contributed by atoms with E-state index in [4.69, 9.17) is 4.42 Å². The van der Waals surface area contributed by atoms with Crippen molar-refractivity contribution in [3.05, 3.63) is 231 Å². The molecule has 0 radical (unpaired) electrons. The van der Waals surface area contributed by atoms with Gasteiger partial charge < -0.3 is 14.2 Å². The van der Waals surface area contributed by atoms with Crippen molar-refractivity contribution in [1.82, 2.24) is 0 Å². The topological polar surface area (TPSA) is 19.6 Å². The van der Waals surface area contributed by atoms with Crippen LogP contribution in [-0.4, -0.2) is 0 Å².